The van der Waals surface area contributed by atoms with Gasteiger partial charge in [-0.05, 0) is 31.4 Å². The molecule has 0 bridgehead atoms. The minimum Gasteiger partial charge on any atom is -0.366 e. The maximum Gasteiger partial charge on any atom is 0.296 e. The van der Waals surface area contributed by atoms with Crippen molar-refractivity contribution >= 4 is 23.1 Å². The van der Waals surface area contributed by atoms with Crippen molar-refractivity contribution in [1.82, 2.24) is 0 Å². The highest BCUT2D eigenvalue weighted by atomic mass is 19.1. The summed E-state index contributed by atoms with van der Waals surface area (Å²) in [6.45, 7) is 2.90. The van der Waals surface area contributed by atoms with Gasteiger partial charge in [0.25, 0.3) is 11.7 Å². The van der Waals surface area contributed by atoms with Gasteiger partial charge in [-0.1, -0.05) is 13.3 Å². The molecule has 0 spiro atoms. The van der Waals surface area contributed by atoms with Gasteiger partial charge in [-0.2, -0.15) is 0 Å². The van der Waals surface area contributed by atoms with E-state index in [2.05, 4.69) is 17.1 Å². The molecule has 0 atom stereocenters. The minimum atomic E-state index is -0.678. The number of hydrogen-bond acceptors (Lipinski definition) is 3. The van der Waals surface area contributed by atoms with E-state index in [9.17, 15) is 14.0 Å². The van der Waals surface area contributed by atoms with Crippen LogP contribution < -0.4 is 10.2 Å². The van der Waals surface area contributed by atoms with Crippen molar-refractivity contribution in [3.63, 3.8) is 0 Å². The zero-order valence-corrected chi connectivity index (χ0v) is 11.4. The number of carbonyl (C=O) groups is 2. The number of hydrogen-bond donors (Lipinski definition) is 1. The summed E-state index contributed by atoms with van der Waals surface area (Å²) < 4.78 is 14.3. The van der Waals surface area contributed by atoms with E-state index in [-0.39, 0.29) is 5.56 Å². The normalized spacial score (nSPS) is 17.1. The molecule has 1 saturated carbocycles. The molecule has 1 aliphatic carbocycles. The average Bonchev–Trinajstić information content (AvgIpc) is 3.21. The lowest BCUT2D eigenvalue weighted by molar-refractivity contribution is -0.112. The van der Waals surface area contributed by atoms with Gasteiger partial charge < -0.3 is 10.2 Å². The van der Waals surface area contributed by atoms with E-state index in [0.29, 0.717) is 17.4 Å². The summed E-state index contributed by atoms with van der Waals surface area (Å²) in [7, 11) is 0. The van der Waals surface area contributed by atoms with E-state index in [1.54, 1.807) is 6.07 Å². The van der Waals surface area contributed by atoms with Crippen molar-refractivity contribution in [3.05, 3.63) is 23.5 Å². The molecule has 1 aromatic carbocycles. The highest BCUT2D eigenvalue weighted by Crippen LogP contribution is 2.37. The number of ketones is 1. The standard InChI is InChI=1S/C15H17FN2O2/c1-2-3-6-18(9-4-5-9)13-8-12-10(7-11(13)16)14(19)15(20)17-12/h7-9H,2-6H2,1H3,(H,17,19,20). The van der Waals surface area contributed by atoms with Crippen LogP contribution >= 0.6 is 0 Å². The number of carbonyl (C=O) groups excluding carboxylic acids is 2. The van der Waals surface area contributed by atoms with E-state index in [1.165, 1.54) is 6.07 Å². The van der Waals surface area contributed by atoms with Gasteiger partial charge in [0.2, 0.25) is 0 Å². The summed E-state index contributed by atoms with van der Waals surface area (Å²) in [5, 5.41) is 2.50. The molecule has 0 saturated heterocycles. The molecule has 0 radical (unpaired) electrons. The van der Waals surface area contributed by atoms with E-state index < -0.39 is 17.5 Å². The molecule has 1 aromatic rings. The molecule has 0 aromatic heterocycles. The Hall–Kier alpha value is -1.91. The molecule has 5 heteroatoms. The molecule has 2 aliphatic rings. The number of halogens is 1. The highest BCUT2D eigenvalue weighted by molar-refractivity contribution is 6.51. The molecule has 1 heterocycles. The molecule has 4 nitrogen and oxygen atoms in total. The van der Waals surface area contributed by atoms with Crippen LogP contribution in [0.15, 0.2) is 12.1 Å². The van der Waals surface area contributed by atoms with Gasteiger partial charge in [0.05, 0.1) is 16.9 Å². The predicted molar refractivity (Wildman–Crippen MR) is 74.6 cm³/mol. The monoisotopic (exact) mass is 276 g/mol. The lowest BCUT2D eigenvalue weighted by atomic mass is 10.1. The van der Waals surface area contributed by atoms with E-state index in [0.717, 1.165) is 32.2 Å². The van der Waals surface area contributed by atoms with Gasteiger partial charge in [-0.3, -0.25) is 9.59 Å². The molecule has 20 heavy (non-hydrogen) atoms. The number of fused-ring (bicyclic) bond motifs is 1. The van der Waals surface area contributed by atoms with Crippen molar-refractivity contribution in [2.24, 2.45) is 0 Å². The fourth-order valence-electron chi connectivity index (χ4n) is 2.59. The predicted octanol–water partition coefficient (Wildman–Crippen LogP) is 2.73. The van der Waals surface area contributed by atoms with Crippen LogP contribution in [0, 0.1) is 5.82 Å². The molecule has 1 amide bonds. The quantitative estimate of drug-likeness (QED) is 0.841. The molecule has 1 aliphatic heterocycles. The van der Waals surface area contributed by atoms with Gasteiger partial charge >= 0.3 is 0 Å². The topological polar surface area (TPSA) is 49.4 Å². The van der Waals surface area contributed by atoms with Gasteiger partial charge in [0, 0.05) is 12.6 Å². The second kappa shape index (κ2) is 4.89. The Morgan fingerprint density at radius 1 is 1.35 bits per heavy atom. The molecule has 106 valence electrons. The molecule has 1 N–H and O–H groups in total. The number of anilines is 2. The Bertz CT molecular complexity index is 581. The summed E-state index contributed by atoms with van der Waals surface area (Å²) >= 11 is 0. The van der Waals surface area contributed by atoms with Crippen molar-refractivity contribution in [2.45, 2.75) is 38.6 Å². The van der Waals surface area contributed by atoms with Crippen molar-refractivity contribution < 1.29 is 14.0 Å². The lowest BCUT2D eigenvalue weighted by Crippen LogP contribution is -2.27. The number of amides is 1. The van der Waals surface area contributed by atoms with Crippen LogP contribution in [-0.2, 0) is 4.79 Å². The summed E-state index contributed by atoms with van der Waals surface area (Å²) in [4.78, 5) is 25.0. The Balaban J connectivity index is 1.95. The molecule has 3 rings (SSSR count). The first-order valence-electron chi connectivity index (χ1n) is 7.07. The van der Waals surface area contributed by atoms with Gasteiger partial charge in [-0.15, -0.1) is 0 Å². The van der Waals surface area contributed by atoms with E-state index in [1.807, 2.05) is 0 Å². The van der Waals surface area contributed by atoms with E-state index >= 15 is 0 Å². The average molecular weight is 276 g/mol. The van der Waals surface area contributed by atoms with Crippen LogP contribution in [0.1, 0.15) is 43.0 Å². The largest absolute Gasteiger partial charge is 0.366 e. The van der Waals surface area contributed by atoms with Gasteiger partial charge in [0.15, 0.2) is 0 Å². The number of nitrogens with one attached hydrogen (secondary N) is 1. The number of nitrogens with zero attached hydrogens (tertiary/aromatic N) is 1. The first-order valence-corrected chi connectivity index (χ1v) is 7.07. The zero-order chi connectivity index (χ0) is 14.3. The highest BCUT2D eigenvalue weighted by Gasteiger charge is 2.34. The third kappa shape index (κ3) is 2.17. The maximum absolute atomic E-state index is 14.3. The maximum atomic E-state index is 14.3. The fraction of sp³-hybridized carbons (Fsp3) is 0.467. The van der Waals surface area contributed by atoms with Crippen molar-refractivity contribution in [2.75, 3.05) is 16.8 Å². The number of rotatable bonds is 5. The third-order valence-electron chi connectivity index (χ3n) is 3.84. The zero-order valence-electron chi connectivity index (χ0n) is 11.4. The summed E-state index contributed by atoms with van der Waals surface area (Å²) in [6.07, 6.45) is 4.19. The Kier molecular flexibility index (Phi) is 3.20. The van der Waals surface area contributed by atoms with Crippen molar-refractivity contribution in [3.8, 4) is 0 Å². The Labute approximate surface area is 117 Å². The van der Waals surface area contributed by atoms with Crippen LogP contribution in [0.3, 0.4) is 0 Å². The third-order valence-corrected chi connectivity index (χ3v) is 3.84. The number of Topliss-reactive ketones (excluding diaryl/α,β-unsaturated/α-hetero) is 1. The van der Waals surface area contributed by atoms with E-state index in [4.69, 9.17) is 0 Å². The Morgan fingerprint density at radius 2 is 2.10 bits per heavy atom. The first-order chi connectivity index (χ1) is 9.61. The van der Waals surface area contributed by atoms with Gasteiger partial charge in [0.1, 0.15) is 5.82 Å². The van der Waals surface area contributed by atoms with Crippen LogP contribution in [0.2, 0.25) is 0 Å². The second-order valence-electron chi connectivity index (χ2n) is 5.41. The van der Waals surface area contributed by atoms with Crippen LogP contribution in [-0.4, -0.2) is 24.3 Å². The first kappa shape index (κ1) is 13.1. The number of unbranched alkanes of at least 4 members (excludes halogenated alkanes) is 1. The minimum absolute atomic E-state index is 0.141. The van der Waals surface area contributed by atoms with Crippen molar-refractivity contribution in [1.29, 1.82) is 0 Å². The fourth-order valence-corrected chi connectivity index (χ4v) is 2.59. The Morgan fingerprint density at radius 3 is 2.75 bits per heavy atom. The number of benzene rings is 1. The lowest BCUT2D eigenvalue weighted by Gasteiger charge is -2.25. The second-order valence-corrected chi connectivity index (χ2v) is 5.41. The smallest absolute Gasteiger partial charge is 0.296 e. The summed E-state index contributed by atoms with van der Waals surface area (Å²) in [5.74, 6) is -1.75. The summed E-state index contributed by atoms with van der Waals surface area (Å²) in [5.41, 5.74) is 1.07. The molecular weight excluding hydrogens is 259 g/mol. The molecular formula is C15H17FN2O2. The van der Waals surface area contributed by atoms with Gasteiger partial charge in [-0.25, -0.2) is 4.39 Å². The van der Waals surface area contributed by atoms with Crippen LogP contribution in [0.5, 0.6) is 0 Å². The SMILES string of the molecule is CCCCN(c1cc2c(cc1F)C(=O)C(=O)N2)C1CC1. The molecule has 1 fully saturated rings. The van der Waals surface area contributed by atoms with Crippen LogP contribution in [0.4, 0.5) is 15.8 Å². The summed E-state index contributed by atoms with van der Waals surface area (Å²) in [6, 6.07) is 3.18. The molecule has 0 unspecified atom stereocenters. The van der Waals surface area contributed by atoms with Crippen LogP contribution in [0.25, 0.3) is 0 Å².